The van der Waals surface area contributed by atoms with E-state index in [4.69, 9.17) is 11.9 Å². The fourth-order valence-corrected chi connectivity index (χ4v) is 0.727. The number of nitrogens with zero attached hydrogens (tertiary/aromatic N) is 1. The van der Waals surface area contributed by atoms with Crippen molar-refractivity contribution in [2.45, 2.75) is 41.5 Å². The van der Waals surface area contributed by atoms with Crippen LogP contribution in [0.15, 0.2) is 0 Å². The molecule has 0 aliphatic heterocycles. The first-order valence-electron chi connectivity index (χ1n) is 5.29. The van der Waals surface area contributed by atoms with Gasteiger partial charge in [-0.25, -0.2) is 0 Å². The zero-order valence-corrected chi connectivity index (χ0v) is 14.4. The van der Waals surface area contributed by atoms with Crippen molar-refractivity contribution in [1.82, 2.24) is 0 Å². The van der Waals surface area contributed by atoms with Crippen LogP contribution in [0.1, 0.15) is 42.9 Å². The van der Waals surface area contributed by atoms with E-state index in [1.54, 1.807) is 0 Å². The van der Waals surface area contributed by atoms with Crippen LogP contribution in [0.3, 0.4) is 0 Å². The van der Waals surface area contributed by atoms with Crippen LogP contribution < -0.4 is 51.4 Å². The zero-order valence-electron chi connectivity index (χ0n) is 12.3. The molecule has 86 valence electrons. The van der Waals surface area contributed by atoms with Crippen molar-refractivity contribution in [3.05, 3.63) is 11.1 Å². The summed E-state index contributed by atoms with van der Waals surface area (Å²) in [6.07, 6.45) is -1.33. The van der Waals surface area contributed by atoms with Crippen LogP contribution >= 0.6 is 0 Å². The maximum atomic E-state index is 8.78. The molecule has 0 fully saturated rings. The molecule has 0 aliphatic rings. The number of nitrogens with one attached hydrogen (secondary N) is 1. The van der Waals surface area contributed by atoms with Crippen LogP contribution in [0.2, 0.25) is 0 Å². The fraction of sp³-hybridized carbons (Fsp3) is 0.909. The SMILES string of the molecule is CC(C)(C)C[N-]CC(C)(C)C.[2H]C([NH-])=O.[K+]. The molecule has 0 spiro atoms. The number of carbonyl (C=O) groups excluding carboxylic acids is 1. The van der Waals surface area contributed by atoms with Crippen LogP contribution in [0.5, 0.6) is 0 Å². The first-order valence-corrected chi connectivity index (χ1v) is 4.79. The van der Waals surface area contributed by atoms with Crippen LogP contribution in [-0.4, -0.2) is 19.5 Å². The number of rotatable bonds is 2. The molecule has 1 amide bonds. The second kappa shape index (κ2) is 10.2. The summed E-state index contributed by atoms with van der Waals surface area (Å²) in [6, 6.07) is 0. The van der Waals surface area contributed by atoms with Gasteiger partial charge in [-0.2, -0.15) is 0 Å². The van der Waals surface area contributed by atoms with E-state index in [1.807, 2.05) is 0 Å². The van der Waals surface area contributed by atoms with Gasteiger partial charge in [-0.3, -0.25) is 0 Å². The van der Waals surface area contributed by atoms with Gasteiger partial charge < -0.3 is 15.8 Å². The molecule has 0 rings (SSSR count). The van der Waals surface area contributed by atoms with Crippen molar-refractivity contribution < 1.29 is 57.5 Å². The fourth-order valence-electron chi connectivity index (χ4n) is 0.727. The van der Waals surface area contributed by atoms with Gasteiger partial charge in [0.1, 0.15) is 0 Å². The van der Waals surface area contributed by atoms with Crippen LogP contribution in [0.25, 0.3) is 11.1 Å². The van der Waals surface area contributed by atoms with Gasteiger partial charge in [0.05, 0.1) is 1.37 Å². The van der Waals surface area contributed by atoms with E-state index < -0.39 is 6.39 Å². The maximum Gasteiger partial charge on any atom is 1.00 e. The minimum Gasteiger partial charge on any atom is -0.671 e. The van der Waals surface area contributed by atoms with Gasteiger partial charge in [-0.1, -0.05) is 52.4 Å². The third-order valence-corrected chi connectivity index (χ3v) is 1.17. The summed E-state index contributed by atoms with van der Waals surface area (Å²) in [5, 5.41) is 4.51. The van der Waals surface area contributed by atoms with E-state index >= 15 is 0 Å². The van der Waals surface area contributed by atoms with E-state index in [2.05, 4.69) is 46.9 Å². The number of hydrogen-bond acceptors (Lipinski definition) is 1. The zero-order chi connectivity index (χ0) is 12.7. The van der Waals surface area contributed by atoms with Crippen LogP contribution in [0.4, 0.5) is 0 Å². The predicted molar refractivity (Wildman–Crippen MR) is 62.4 cm³/mol. The summed E-state index contributed by atoms with van der Waals surface area (Å²) < 4.78 is 5.61. The average molecular weight is 240 g/mol. The largest absolute Gasteiger partial charge is 1.00 e. The van der Waals surface area contributed by atoms with Crippen molar-refractivity contribution in [2.24, 2.45) is 10.8 Å². The molecule has 0 saturated heterocycles. The molecular formula is C11H24KN2O-. The standard InChI is InChI=1S/C10H22N.CH3NO.K/c1-9(2,3)7-11-8-10(4,5)6;2-1-3;/h7-8H2,1-6H3;1H,(H2,2,3);/q-1;;+1/p-1/i;1D;. The Morgan fingerprint density at radius 3 is 1.47 bits per heavy atom. The Bertz CT molecular complexity index is 167. The van der Waals surface area contributed by atoms with Crippen molar-refractivity contribution >= 4 is 6.39 Å². The molecule has 0 atom stereocenters. The second-order valence-corrected chi connectivity index (χ2v) is 5.76. The summed E-state index contributed by atoms with van der Waals surface area (Å²) in [7, 11) is 0. The molecule has 0 aromatic heterocycles. The van der Waals surface area contributed by atoms with Gasteiger partial charge in [0, 0.05) is 6.39 Å². The van der Waals surface area contributed by atoms with Gasteiger partial charge in [-0.15, -0.1) is 13.1 Å². The molecule has 0 heterocycles. The van der Waals surface area contributed by atoms with Crippen LogP contribution in [-0.2, 0) is 4.79 Å². The van der Waals surface area contributed by atoms with Gasteiger partial charge in [0.2, 0.25) is 0 Å². The maximum absolute atomic E-state index is 8.78. The number of amides is 1. The van der Waals surface area contributed by atoms with E-state index in [0.29, 0.717) is 10.8 Å². The Morgan fingerprint density at radius 1 is 1.13 bits per heavy atom. The van der Waals surface area contributed by atoms with Gasteiger partial charge in [0.15, 0.2) is 0 Å². The van der Waals surface area contributed by atoms with E-state index in [1.165, 1.54) is 0 Å². The van der Waals surface area contributed by atoms with E-state index in [9.17, 15) is 0 Å². The van der Waals surface area contributed by atoms with Gasteiger partial charge in [-0.05, 0) is 0 Å². The molecule has 0 aromatic carbocycles. The van der Waals surface area contributed by atoms with E-state index in [0.717, 1.165) is 13.1 Å². The Morgan fingerprint density at radius 2 is 1.33 bits per heavy atom. The summed E-state index contributed by atoms with van der Waals surface area (Å²) in [4.78, 5) is 8.78. The Kier molecular flexibility index (Phi) is 12.6. The summed E-state index contributed by atoms with van der Waals surface area (Å²) in [5.41, 5.74) is 6.32. The second-order valence-electron chi connectivity index (χ2n) is 5.76. The predicted octanol–water partition coefficient (Wildman–Crippen LogP) is 0.651. The smallest absolute Gasteiger partial charge is 0.671 e. The van der Waals surface area contributed by atoms with Gasteiger partial charge in [0.25, 0.3) is 0 Å². The molecule has 0 aromatic rings. The molecule has 0 unspecified atom stereocenters. The first-order chi connectivity index (χ1) is 6.44. The summed E-state index contributed by atoms with van der Waals surface area (Å²) >= 11 is 0. The monoisotopic (exact) mass is 240 g/mol. The Balaban J connectivity index is -0.000000292. The van der Waals surface area contributed by atoms with Gasteiger partial charge >= 0.3 is 51.4 Å². The molecule has 0 radical (unpaired) electrons. The molecule has 1 N–H and O–H groups in total. The topological polar surface area (TPSA) is 55.0 Å². The molecular weight excluding hydrogens is 215 g/mol. The first kappa shape index (κ1) is 18.4. The minimum atomic E-state index is -1.33. The summed E-state index contributed by atoms with van der Waals surface area (Å²) in [5.74, 6) is 0. The third-order valence-electron chi connectivity index (χ3n) is 1.17. The van der Waals surface area contributed by atoms with Crippen molar-refractivity contribution in [2.75, 3.05) is 13.1 Å². The Hall–Kier alpha value is 1.07. The number of hydrogen-bond donors (Lipinski definition) is 0. The quantitative estimate of drug-likeness (QED) is 0.516. The van der Waals surface area contributed by atoms with E-state index in [-0.39, 0.29) is 51.4 Å². The normalized spacial score (nSPS) is 11.7. The van der Waals surface area contributed by atoms with Crippen molar-refractivity contribution in [1.29, 1.82) is 0 Å². The molecule has 3 nitrogen and oxygen atoms in total. The van der Waals surface area contributed by atoms with Crippen LogP contribution in [0, 0.1) is 10.8 Å². The summed E-state index contributed by atoms with van der Waals surface area (Å²) in [6.45, 7) is 15.3. The molecule has 15 heavy (non-hydrogen) atoms. The number of carbonyl (C=O) groups is 1. The third kappa shape index (κ3) is 31.3. The molecule has 0 bridgehead atoms. The Labute approximate surface area is 139 Å². The molecule has 0 aliphatic carbocycles. The van der Waals surface area contributed by atoms with Crippen molar-refractivity contribution in [3.8, 4) is 0 Å². The average Bonchev–Trinajstić information content (AvgIpc) is 1.77. The van der Waals surface area contributed by atoms with Crippen molar-refractivity contribution in [3.63, 3.8) is 0 Å². The minimum absolute atomic E-state index is 0. The molecule has 0 saturated carbocycles. The molecule has 4 heteroatoms.